The van der Waals surface area contributed by atoms with Crippen molar-refractivity contribution in [3.8, 4) is 0 Å². The average molecular weight is 185 g/mol. The molecular weight excluding hydrogens is 166 g/mol. The Labute approximate surface area is 79.7 Å². The van der Waals surface area contributed by atoms with Crippen molar-refractivity contribution in [1.29, 1.82) is 0 Å². The topological polar surface area (TPSA) is 44.4 Å². The molecule has 1 fully saturated rings. The van der Waals surface area contributed by atoms with Gasteiger partial charge >= 0.3 is 6.03 Å². The molecule has 1 saturated heterocycles. The van der Waals surface area contributed by atoms with Crippen LogP contribution in [0.25, 0.3) is 0 Å². The summed E-state index contributed by atoms with van der Waals surface area (Å²) in [4.78, 5) is 13.3. The minimum atomic E-state index is -0.0910. The van der Waals surface area contributed by atoms with E-state index in [9.17, 15) is 4.79 Å². The SMILES string of the molecule is CNC(=O)NC(C)CN1CCCC1. The van der Waals surface area contributed by atoms with Gasteiger partial charge in [-0.15, -0.1) is 0 Å². The van der Waals surface area contributed by atoms with Gasteiger partial charge in [-0.05, 0) is 32.9 Å². The van der Waals surface area contributed by atoms with Crippen molar-refractivity contribution in [3.05, 3.63) is 0 Å². The molecule has 0 aromatic heterocycles. The summed E-state index contributed by atoms with van der Waals surface area (Å²) in [6.07, 6.45) is 2.60. The fourth-order valence-electron chi connectivity index (χ4n) is 1.69. The quantitative estimate of drug-likeness (QED) is 0.668. The van der Waals surface area contributed by atoms with Gasteiger partial charge in [-0.1, -0.05) is 0 Å². The van der Waals surface area contributed by atoms with Crippen molar-refractivity contribution in [1.82, 2.24) is 15.5 Å². The van der Waals surface area contributed by atoms with Gasteiger partial charge in [0.05, 0.1) is 0 Å². The molecule has 2 amide bonds. The lowest BCUT2D eigenvalue weighted by Gasteiger charge is -2.20. The lowest BCUT2D eigenvalue weighted by Crippen LogP contribution is -2.44. The zero-order chi connectivity index (χ0) is 9.68. The van der Waals surface area contributed by atoms with Gasteiger partial charge in [0.25, 0.3) is 0 Å². The minimum Gasteiger partial charge on any atom is -0.341 e. The van der Waals surface area contributed by atoms with Crippen LogP contribution in [-0.4, -0.2) is 43.7 Å². The molecule has 2 N–H and O–H groups in total. The van der Waals surface area contributed by atoms with Crippen LogP contribution in [0.2, 0.25) is 0 Å². The van der Waals surface area contributed by atoms with E-state index in [1.54, 1.807) is 7.05 Å². The summed E-state index contributed by atoms with van der Waals surface area (Å²) in [5, 5.41) is 5.42. The number of carbonyl (C=O) groups excluding carboxylic acids is 1. The molecule has 0 aromatic carbocycles. The molecule has 1 aliphatic heterocycles. The molecule has 0 spiro atoms. The number of likely N-dealkylation sites (tertiary alicyclic amines) is 1. The molecule has 1 rings (SSSR count). The van der Waals surface area contributed by atoms with Gasteiger partial charge in [-0.25, -0.2) is 4.79 Å². The van der Waals surface area contributed by atoms with Crippen molar-refractivity contribution in [2.24, 2.45) is 0 Å². The Morgan fingerprint density at radius 2 is 2.08 bits per heavy atom. The molecule has 1 heterocycles. The Morgan fingerprint density at radius 1 is 1.46 bits per heavy atom. The lowest BCUT2D eigenvalue weighted by atomic mass is 10.3. The first-order valence-electron chi connectivity index (χ1n) is 4.93. The maximum atomic E-state index is 11.0. The molecule has 0 bridgehead atoms. The Bertz CT molecular complexity index is 166. The van der Waals surface area contributed by atoms with Crippen LogP contribution >= 0.6 is 0 Å². The Balaban J connectivity index is 2.16. The molecule has 0 saturated carbocycles. The average Bonchev–Trinajstić information content (AvgIpc) is 2.56. The van der Waals surface area contributed by atoms with Crippen LogP contribution in [0.15, 0.2) is 0 Å². The predicted octanol–water partition coefficient (Wildman–Crippen LogP) is 0.400. The van der Waals surface area contributed by atoms with E-state index in [0.29, 0.717) is 0 Å². The van der Waals surface area contributed by atoms with Gasteiger partial charge < -0.3 is 15.5 Å². The molecular formula is C9H19N3O. The first kappa shape index (κ1) is 10.3. The van der Waals surface area contributed by atoms with E-state index in [0.717, 1.165) is 6.54 Å². The summed E-state index contributed by atoms with van der Waals surface area (Å²) in [7, 11) is 1.64. The van der Waals surface area contributed by atoms with Crippen molar-refractivity contribution in [3.63, 3.8) is 0 Å². The first-order chi connectivity index (χ1) is 6.22. The summed E-state index contributed by atoms with van der Waals surface area (Å²) in [5.41, 5.74) is 0. The lowest BCUT2D eigenvalue weighted by molar-refractivity contribution is 0.233. The first-order valence-corrected chi connectivity index (χ1v) is 4.93. The van der Waals surface area contributed by atoms with Gasteiger partial charge in [0.15, 0.2) is 0 Å². The second-order valence-corrected chi connectivity index (χ2v) is 3.63. The fraction of sp³-hybridized carbons (Fsp3) is 0.889. The molecule has 1 atom stereocenters. The third-order valence-corrected chi connectivity index (χ3v) is 2.34. The molecule has 76 valence electrons. The molecule has 0 aromatic rings. The van der Waals surface area contributed by atoms with Crippen LogP contribution < -0.4 is 10.6 Å². The standard InChI is InChI=1S/C9H19N3O/c1-8(11-9(13)10-2)7-12-5-3-4-6-12/h8H,3-7H2,1-2H3,(H2,10,11,13). The van der Waals surface area contributed by atoms with E-state index < -0.39 is 0 Å². The summed E-state index contributed by atoms with van der Waals surface area (Å²) < 4.78 is 0. The van der Waals surface area contributed by atoms with Crippen molar-refractivity contribution in [2.75, 3.05) is 26.7 Å². The summed E-state index contributed by atoms with van der Waals surface area (Å²) in [6.45, 7) is 5.36. The van der Waals surface area contributed by atoms with Gasteiger partial charge in [0.1, 0.15) is 0 Å². The number of nitrogens with one attached hydrogen (secondary N) is 2. The normalized spacial score (nSPS) is 19.8. The fourth-order valence-corrected chi connectivity index (χ4v) is 1.69. The van der Waals surface area contributed by atoms with E-state index in [1.165, 1.54) is 25.9 Å². The highest BCUT2D eigenvalue weighted by Crippen LogP contribution is 2.07. The van der Waals surface area contributed by atoms with E-state index in [2.05, 4.69) is 15.5 Å². The van der Waals surface area contributed by atoms with Crippen LogP contribution in [0, 0.1) is 0 Å². The smallest absolute Gasteiger partial charge is 0.314 e. The van der Waals surface area contributed by atoms with Crippen molar-refractivity contribution >= 4 is 6.03 Å². The number of amides is 2. The maximum absolute atomic E-state index is 11.0. The number of carbonyl (C=O) groups is 1. The van der Waals surface area contributed by atoms with Crippen LogP contribution in [-0.2, 0) is 0 Å². The van der Waals surface area contributed by atoms with E-state index in [4.69, 9.17) is 0 Å². The van der Waals surface area contributed by atoms with E-state index >= 15 is 0 Å². The van der Waals surface area contributed by atoms with Crippen LogP contribution in [0.5, 0.6) is 0 Å². The Kier molecular flexibility index (Phi) is 4.02. The Hall–Kier alpha value is -0.770. The summed E-state index contributed by atoms with van der Waals surface area (Å²) in [5.74, 6) is 0. The molecule has 1 aliphatic rings. The maximum Gasteiger partial charge on any atom is 0.314 e. The van der Waals surface area contributed by atoms with Gasteiger partial charge in [-0.3, -0.25) is 0 Å². The summed E-state index contributed by atoms with van der Waals surface area (Å²) >= 11 is 0. The molecule has 0 aliphatic carbocycles. The molecule has 1 unspecified atom stereocenters. The zero-order valence-corrected chi connectivity index (χ0v) is 8.47. The van der Waals surface area contributed by atoms with Crippen LogP contribution in [0.1, 0.15) is 19.8 Å². The largest absolute Gasteiger partial charge is 0.341 e. The van der Waals surface area contributed by atoms with Crippen molar-refractivity contribution in [2.45, 2.75) is 25.8 Å². The molecule has 0 radical (unpaired) electrons. The highest BCUT2D eigenvalue weighted by molar-refractivity contribution is 5.73. The number of hydrogen-bond donors (Lipinski definition) is 2. The highest BCUT2D eigenvalue weighted by Gasteiger charge is 2.15. The third kappa shape index (κ3) is 3.63. The van der Waals surface area contributed by atoms with Gasteiger partial charge in [0.2, 0.25) is 0 Å². The number of rotatable bonds is 3. The predicted molar refractivity (Wildman–Crippen MR) is 52.7 cm³/mol. The molecule has 13 heavy (non-hydrogen) atoms. The van der Waals surface area contributed by atoms with Gasteiger partial charge in [0, 0.05) is 19.6 Å². The molecule has 4 heteroatoms. The zero-order valence-electron chi connectivity index (χ0n) is 8.47. The number of nitrogens with zero attached hydrogens (tertiary/aromatic N) is 1. The molecule has 4 nitrogen and oxygen atoms in total. The summed E-state index contributed by atoms with van der Waals surface area (Å²) in [6, 6.07) is 0.143. The Morgan fingerprint density at radius 3 is 2.62 bits per heavy atom. The van der Waals surface area contributed by atoms with Crippen LogP contribution in [0.4, 0.5) is 4.79 Å². The van der Waals surface area contributed by atoms with Crippen LogP contribution in [0.3, 0.4) is 0 Å². The third-order valence-electron chi connectivity index (χ3n) is 2.34. The number of urea groups is 1. The van der Waals surface area contributed by atoms with Crippen molar-refractivity contribution < 1.29 is 4.79 Å². The second-order valence-electron chi connectivity index (χ2n) is 3.63. The van der Waals surface area contributed by atoms with Gasteiger partial charge in [-0.2, -0.15) is 0 Å². The van der Waals surface area contributed by atoms with E-state index in [-0.39, 0.29) is 12.1 Å². The van der Waals surface area contributed by atoms with E-state index in [1.807, 2.05) is 6.92 Å². The highest BCUT2D eigenvalue weighted by atomic mass is 16.2. The second kappa shape index (κ2) is 5.07. The monoisotopic (exact) mass is 185 g/mol. The number of hydrogen-bond acceptors (Lipinski definition) is 2. The minimum absolute atomic E-state index is 0.0910.